The summed E-state index contributed by atoms with van der Waals surface area (Å²) in [6.45, 7) is 2.03. The molecule has 37 heavy (non-hydrogen) atoms. The fourth-order valence-electron chi connectivity index (χ4n) is 3.39. The minimum Gasteiger partial charge on any atom is -0.484 e. The molecular formula is C26H27N5O4S2. The molecule has 0 spiro atoms. The van der Waals surface area contributed by atoms with Crippen molar-refractivity contribution < 1.29 is 17.9 Å². The Morgan fingerprint density at radius 2 is 1.68 bits per heavy atom. The molecule has 0 fully saturated rings. The number of H-pyrrole nitrogens is 1. The van der Waals surface area contributed by atoms with Crippen molar-refractivity contribution in [3.8, 4) is 17.1 Å². The average Bonchev–Trinajstić information content (AvgIpc) is 3.40. The first kappa shape index (κ1) is 26.4. The molecule has 0 aliphatic carbocycles. The van der Waals surface area contributed by atoms with Crippen LogP contribution in [0.1, 0.15) is 18.5 Å². The van der Waals surface area contributed by atoms with Crippen molar-refractivity contribution in [2.24, 2.45) is 0 Å². The van der Waals surface area contributed by atoms with Gasteiger partial charge in [0.15, 0.2) is 12.4 Å². The van der Waals surface area contributed by atoms with Crippen LogP contribution in [-0.4, -0.2) is 48.4 Å². The van der Waals surface area contributed by atoms with Gasteiger partial charge in [-0.25, -0.2) is 18.1 Å². The van der Waals surface area contributed by atoms with Gasteiger partial charge in [-0.1, -0.05) is 72.4 Å². The lowest BCUT2D eigenvalue weighted by Gasteiger charge is -2.15. The number of carbonyl (C=O) groups is 1. The van der Waals surface area contributed by atoms with Crippen LogP contribution in [0.2, 0.25) is 0 Å². The molecule has 3 N–H and O–H groups in total. The van der Waals surface area contributed by atoms with Crippen molar-refractivity contribution >= 4 is 27.7 Å². The second-order valence-electron chi connectivity index (χ2n) is 8.04. The summed E-state index contributed by atoms with van der Waals surface area (Å²) in [6, 6.07) is 24.6. The Balaban J connectivity index is 1.18. The van der Waals surface area contributed by atoms with E-state index in [1.807, 2.05) is 60.7 Å². The third kappa shape index (κ3) is 7.66. The molecule has 1 amide bonds. The van der Waals surface area contributed by atoms with Gasteiger partial charge in [-0.15, -0.1) is 5.10 Å². The van der Waals surface area contributed by atoms with Crippen LogP contribution in [0.15, 0.2) is 95.0 Å². The molecule has 11 heteroatoms. The zero-order chi connectivity index (χ0) is 26.1. The van der Waals surface area contributed by atoms with Crippen LogP contribution >= 0.6 is 11.8 Å². The number of hydrogen-bond acceptors (Lipinski definition) is 7. The largest absolute Gasteiger partial charge is 0.484 e. The highest BCUT2D eigenvalue weighted by Crippen LogP contribution is 2.20. The van der Waals surface area contributed by atoms with Gasteiger partial charge in [0.2, 0.25) is 15.2 Å². The fourth-order valence-corrected chi connectivity index (χ4v) is 5.28. The van der Waals surface area contributed by atoms with E-state index in [0.717, 1.165) is 11.1 Å². The maximum atomic E-state index is 12.7. The molecule has 0 aliphatic rings. The summed E-state index contributed by atoms with van der Waals surface area (Å²) in [6.07, 6.45) is 0. The van der Waals surface area contributed by atoms with Gasteiger partial charge in [0, 0.05) is 23.9 Å². The Bertz CT molecular complexity index is 1400. The second-order valence-corrected chi connectivity index (χ2v) is 10.8. The Morgan fingerprint density at radius 1 is 1.00 bits per heavy atom. The van der Waals surface area contributed by atoms with Crippen molar-refractivity contribution in [1.29, 1.82) is 0 Å². The highest BCUT2D eigenvalue weighted by molar-refractivity contribution is 7.99. The summed E-state index contributed by atoms with van der Waals surface area (Å²) in [5.74, 6) is 1.41. The molecular weight excluding hydrogens is 510 g/mol. The number of aromatic amines is 1. The number of sulfonamides is 1. The number of aromatic nitrogens is 3. The Hall–Kier alpha value is -3.67. The monoisotopic (exact) mass is 537 g/mol. The van der Waals surface area contributed by atoms with Crippen molar-refractivity contribution in [1.82, 2.24) is 25.2 Å². The lowest BCUT2D eigenvalue weighted by atomic mass is 10.1. The summed E-state index contributed by atoms with van der Waals surface area (Å²) >= 11 is 1.43. The summed E-state index contributed by atoms with van der Waals surface area (Å²) in [7, 11) is -3.71. The van der Waals surface area contributed by atoms with E-state index in [0.29, 0.717) is 29.0 Å². The Labute approximate surface area is 220 Å². The van der Waals surface area contributed by atoms with Crippen LogP contribution in [0.4, 0.5) is 0 Å². The Kier molecular flexibility index (Phi) is 8.94. The predicted octanol–water partition coefficient (Wildman–Crippen LogP) is 3.80. The van der Waals surface area contributed by atoms with Crippen LogP contribution in [0.5, 0.6) is 5.75 Å². The highest BCUT2D eigenvalue weighted by Gasteiger charge is 2.18. The molecule has 4 rings (SSSR count). The minimum atomic E-state index is -3.71. The first-order valence-corrected chi connectivity index (χ1v) is 14.0. The lowest BCUT2D eigenvalue weighted by Crippen LogP contribution is -2.30. The van der Waals surface area contributed by atoms with Gasteiger partial charge in [-0.05, 0) is 36.8 Å². The van der Waals surface area contributed by atoms with Crippen LogP contribution < -0.4 is 14.8 Å². The number of nitrogens with zero attached hydrogens (tertiary/aromatic N) is 2. The quantitative estimate of drug-likeness (QED) is 0.185. The predicted molar refractivity (Wildman–Crippen MR) is 143 cm³/mol. The summed E-state index contributed by atoms with van der Waals surface area (Å²) in [4.78, 5) is 16.7. The van der Waals surface area contributed by atoms with E-state index in [1.54, 1.807) is 6.92 Å². The lowest BCUT2D eigenvalue weighted by molar-refractivity contribution is -0.122. The number of hydrogen-bond donors (Lipinski definition) is 3. The molecule has 0 saturated carbocycles. The molecule has 0 saturated heterocycles. The number of thioether (sulfide) groups is 1. The van der Waals surface area contributed by atoms with Crippen LogP contribution in [0.3, 0.4) is 0 Å². The Morgan fingerprint density at radius 3 is 2.38 bits per heavy atom. The normalized spacial score (nSPS) is 12.1. The molecule has 1 unspecified atom stereocenters. The molecule has 1 aromatic heterocycles. The second kappa shape index (κ2) is 12.5. The first-order valence-electron chi connectivity index (χ1n) is 11.6. The smallest absolute Gasteiger partial charge is 0.257 e. The van der Waals surface area contributed by atoms with Gasteiger partial charge in [0.1, 0.15) is 5.75 Å². The number of benzene rings is 3. The minimum absolute atomic E-state index is 0.117. The van der Waals surface area contributed by atoms with Gasteiger partial charge in [0.25, 0.3) is 5.91 Å². The number of carbonyl (C=O) groups excluding carboxylic acids is 1. The van der Waals surface area contributed by atoms with Crippen molar-refractivity contribution in [3.05, 3.63) is 90.5 Å². The van der Waals surface area contributed by atoms with E-state index >= 15 is 0 Å². The molecule has 0 radical (unpaired) electrons. The molecule has 3 aromatic carbocycles. The molecule has 9 nitrogen and oxygen atoms in total. The molecule has 1 atom stereocenters. The SMILES string of the molecule is CC(NS(=O)(=O)c1ccc(OCC(=O)NCCSc2n[nH]c(-c3ccccc3)n2)cc1)c1ccccc1. The van der Waals surface area contributed by atoms with Crippen molar-refractivity contribution in [2.45, 2.75) is 23.0 Å². The van der Waals surface area contributed by atoms with E-state index in [4.69, 9.17) is 4.74 Å². The number of amides is 1. The molecule has 192 valence electrons. The molecule has 4 aromatic rings. The van der Waals surface area contributed by atoms with E-state index in [2.05, 4.69) is 25.2 Å². The van der Waals surface area contributed by atoms with Gasteiger partial charge in [-0.2, -0.15) is 0 Å². The molecule has 0 aliphatic heterocycles. The van der Waals surface area contributed by atoms with Gasteiger partial charge in [0.05, 0.1) is 4.90 Å². The number of rotatable bonds is 12. The van der Waals surface area contributed by atoms with Crippen molar-refractivity contribution in [2.75, 3.05) is 18.9 Å². The van der Waals surface area contributed by atoms with E-state index in [1.165, 1.54) is 36.0 Å². The van der Waals surface area contributed by atoms with Gasteiger partial charge < -0.3 is 10.1 Å². The van der Waals surface area contributed by atoms with Gasteiger partial charge in [-0.3, -0.25) is 9.89 Å². The standard InChI is InChI=1S/C26H27N5O4S2/c1-19(20-8-4-2-5-9-20)31-37(33,34)23-14-12-22(13-15-23)35-18-24(32)27-16-17-36-26-28-25(29-30-26)21-10-6-3-7-11-21/h2-15,19,31H,16-18H2,1H3,(H,27,32)(H,28,29,30). The average molecular weight is 538 g/mol. The third-order valence-corrected chi connectivity index (χ3v) is 7.71. The highest BCUT2D eigenvalue weighted by atomic mass is 32.2. The molecule has 1 heterocycles. The fraction of sp³-hybridized carbons (Fsp3) is 0.192. The van der Waals surface area contributed by atoms with Crippen molar-refractivity contribution in [3.63, 3.8) is 0 Å². The molecule has 0 bridgehead atoms. The maximum Gasteiger partial charge on any atom is 0.257 e. The van der Waals surface area contributed by atoms with E-state index in [9.17, 15) is 13.2 Å². The topological polar surface area (TPSA) is 126 Å². The number of nitrogens with one attached hydrogen (secondary N) is 3. The third-order valence-electron chi connectivity index (χ3n) is 5.30. The zero-order valence-electron chi connectivity index (χ0n) is 20.1. The van der Waals surface area contributed by atoms with Crippen LogP contribution in [0.25, 0.3) is 11.4 Å². The van der Waals surface area contributed by atoms with E-state index in [-0.39, 0.29) is 23.5 Å². The zero-order valence-corrected chi connectivity index (χ0v) is 21.8. The summed E-state index contributed by atoms with van der Waals surface area (Å²) in [5.41, 5.74) is 1.82. The summed E-state index contributed by atoms with van der Waals surface area (Å²) < 4.78 is 33.5. The first-order chi connectivity index (χ1) is 17.9. The van der Waals surface area contributed by atoms with Crippen LogP contribution in [-0.2, 0) is 14.8 Å². The number of ether oxygens (including phenoxy) is 1. The van der Waals surface area contributed by atoms with Crippen LogP contribution in [0, 0.1) is 0 Å². The maximum absolute atomic E-state index is 12.7. The summed E-state index contributed by atoms with van der Waals surface area (Å²) in [5, 5.41) is 10.5. The van der Waals surface area contributed by atoms with Gasteiger partial charge >= 0.3 is 0 Å². The van der Waals surface area contributed by atoms with E-state index < -0.39 is 10.0 Å².